The minimum absolute atomic E-state index is 0.00544. The highest BCUT2D eigenvalue weighted by atomic mass is 35.5. The zero-order valence-electron chi connectivity index (χ0n) is 12.6. The van der Waals surface area contributed by atoms with Crippen LogP contribution in [0.15, 0.2) is 54.6 Å². The van der Waals surface area contributed by atoms with Gasteiger partial charge in [0.15, 0.2) is 0 Å². The summed E-state index contributed by atoms with van der Waals surface area (Å²) < 4.78 is 4.95. The molecule has 0 fully saturated rings. The molecular formula is C18H20ClNO2. The second kappa shape index (κ2) is 8.57. The number of amides is 1. The molecule has 1 atom stereocenters. The highest BCUT2D eigenvalue weighted by Crippen LogP contribution is 2.29. The van der Waals surface area contributed by atoms with Gasteiger partial charge >= 0.3 is 0 Å². The largest absolute Gasteiger partial charge is 0.383 e. The van der Waals surface area contributed by atoms with Gasteiger partial charge in [0.05, 0.1) is 6.61 Å². The van der Waals surface area contributed by atoms with Crippen LogP contribution in [0.4, 0.5) is 0 Å². The van der Waals surface area contributed by atoms with Crippen LogP contribution in [-0.4, -0.2) is 26.2 Å². The van der Waals surface area contributed by atoms with Gasteiger partial charge in [-0.2, -0.15) is 0 Å². The molecule has 0 radical (unpaired) electrons. The number of benzene rings is 2. The number of halogens is 1. The van der Waals surface area contributed by atoms with Crippen molar-refractivity contribution in [1.29, 1.82) is 0 Å². The monoisotopic (exact) mass is 317 g/mol. The zero-order valence-corrected chi connectivity index (χ0v) is 13.3. The van der Waals surface area contributed by atoms with Crippen LogP contribution in [0.2, 0.25) is 5.02 Å². The topological polar surface area (TPSA) is 38.3 Å². The van der Waals surface area contributed by atoms with Gasteiger partial charge in [0.25, 0.3) is 0 Å². The summed E-state index contributed by atoms with van der Waals surface area (Å²) in [7, 11) is 1.62. The Morgan fingerprint density at radius 3 is 2.55 bits per heavy atom. The molecule has 0 aliphatic heterocycles. The summed E-state index contributed by atoms with van der Waals surface area (Å²) in [6.45, 7) is 1.03. The normalized spacial score (nSPS) is 11.9. The van der Waals surface area contributed by atoms with Gasteiger partial charge in [0, 0.05) is 31.0 Å². The predicted molar refractivity (Wildman–Crippen MR) is 89.2 cm³/mol. The Morgan fingerprint density at radius 1 is 1.14 bits per heavy atom. The summed E-state index contributed by atoms with van der Waals surface area (Å²) in [4.78, 5) is 12.2. The molecule has 0 aliphatic rings. The van der Waals surface area contributed by atoms with E-state index in [1.807, 2.05) is 54.6 Å². The molecule has 2 aromatic rings. The van der Waals surface area contributed by atoms with Gasteiger partial charge in [-0.15, -0.1) is 0 Å². The third-order valence-corrected chi connectivity index (χ3v) is 3.71. The van der Waals surface area contributed by atoms with E-state index in [1.165, 1.54) is 0 Å². The van der Waals surface area contributed by atoms with E-state index in [2.05, 4.69) is 5.32 Å². The average molecular weight is 318 g/mol. The second-order valence-corrected chi connectivity index (χ2v) is 5.50. The first-order chi connectivity index (χ1) is 10.7. The van der Waals surface area contributed by atoms with Crippen LogP contribution in [0.3, 0.4) is 0 Å². The predicted octanol–water partition coefficient (Wildman–Crippen LogP) is 3.62. The number of nitrogens with one attached hydrogen (secondary N) is 1. The minimum Gasteiger partial charge on any atom is -0.383 e. The highest BCUT2D eigenvalue weighted by molar-refractivity contribution is 6.30. The van der Waals surface area contributed by atoms with Crippen molar-refractivity contribution in [3.8, 4) is 0 Å². The summed E-state index contributed by atoms with van der Waals surface area (Å²) in [6.07, 6.45) is 0.383. The number of hydrogen-bond acceptors (Lipinski definition) is 2. The van der Waals surface area contributed by atoms with E-state index in [0.29, 0.717) is 24.6 Å². The molecule has 0 aromatic heterocycles. The van der Waals surface area contributed by atoms with Crippen molar-refractivity contribution in [2.75, 3.05) is 20.3 Å². The molecule has 1 amide bonds. The Labute approximate surface area is 136 Å². The van der Waals surface area contributed by atoms with Crippen molar-refractivity contribution in [2.24, 2.45) is 0 Å². The Hall–Kier alpha value is -1.84. The van der Waals surface area contributed by atoms with E-state index in [-0.39, 0.29) is 11.8 Å². The molecule has 0 spiro atoms. The number of rotatable bonds is 7. The summed E-state index contributed by atoms with van der Waals surface area (Å²) in [5.41, 5.74) is 2.15. The van der Waals surface area contributed by atoms with E-state index >= 15 is 0 Å². The lowest BCUT2D eigenvalue weighted by atomic mass is 9.88. The Bertz CT molecular complexity index is 601. The summed E-state index contributed by atoms with van der Waals surface area (Å²) in [6, 6.07) is 17.7. The Morgan fingerprint density at radius 2 is 1.86 bits per heavy atom. The molecule has 0 aliphatic carbocycles. The highest BCUT2D eigenvalue weighted by Gasteiger charge is 2.18. The summed E-state index contributed by atoms with van der Waals surface area (Å²) in [5.74, 6) is -0.00618. The maximum atomic E-state index is 12.2. The quantitative estimate of drug-likeness (QED) is 0.792. The van der Waals surface area contributed by atoms with Crippen molar-refractivity contribution >= 4 is 17.5 Å². The SMILES string of the molecule is COCCNC(=O)C[C@H](c1ccccc1)c1cccc(Cl)c1. The molecular weight excluding hydrogens is 298 g/mol. The van der Waals surface area contributed by atoms with Crippen molar-refractivity contribution in [3.63, 3.8) is 0 Å². The molecule has 0 bridgehead atoms. The fourth-order valence-electron chi connectivity index (χ4n) is 2.39. The summed E-state index contributed by atoms with van der Waals surface area (Å²) in [5, 5.41) is 3.55. The molecule has 0 saturated heterocycles. The van der Waals surface area contributed by atoms with E-state index in [9.17, 15) is 4.79 Å². The number of carbonyl (C=O) groups excluding carboxylic acids is 1. The summed E-state index contributed by atoms with van der Waals surface area (Å²) >= 11 is 6.10. The first-order valence-electron chi connectivity index (χ1n) is 7.26. The number of hydrogen-bond donors (Lipinski definition) is 1. The van der Waals surface area contributed by atoms with E-state index in [1.54, 1.807) is 7.11 Å². The molecule has 0 unspecified atom stereocenters. The molecule has 4 heteroatoms. The molecule has 3 nitrogen and oxygen atoms in total. The van der Waals surface area contributed by atoms with E-state index in [4.69, 9.17) is 16.3 Å². The first kappa shape index (κ1) is 16.5. The lowest BCUT2D eigenvalue weighted by Crippen LogP contribution is -2.28. The van der Waals surface area contributed by atoms with Crippen LogP contribution in [0.1, 0.15) is 23.5 Å². The van der Waals surface area contributed by atoms with Crippen LogP contribution >= 0.6 is 11.6 Å². The Balaban J connectivity index is 2.17. The lowest BCUT2D eigenvalue weighted by molar-refractivity contribution is -0.121. The fourth-order valence-corrected chi connectivity index (χ4v) is 2.59. The zero-order chi connectivity index (χ0) is 15.8. The van der Waals surface area contributed by atoms with Crippen LogP contribution in [0, 0.1) is 0 Å². The van der Waals surface area contributed by atoms with Gasteiger partial charge in [0.1, 0.15) is 0 Å². The van der Waals surface area contributed by atoms with Gasteiger partial charge in [-0.1, -0.05) is 54.1 Å². The lowest BCUT2D eigenvalue weighted by Gasteiger charge is -2.18. The third-order valence-electron chi connectivity index (χ3n) is 3.47. The molecule has 1 N–H and O–H groups in total. The van der Waals surface area contributed by atoms with Crippen molar-refractivity contribution in [3.05, 3.63) is 70.7 Å². The van der Waals surface area contributed by atoms with Crippen molar-refractivity contribution < 1.29 is 9.53 Å². The molecule has 116 valence electrons. The first-order valence-corrected chi connectivity index (χ1v) is 7.64. The van der Waals surface area contributed by atoms with Gasteiger partial charge in [-0.05, 0) is 23.3 Å². The average Bonchev–Trinajstić information content (AvgIpc) is 2.54. The van der Waals surface area contributed by atoms with E-state index in [0.717, 1.165) is 11.1 Å². The van der Waals surface area contributed by atoms with Crippen LogP contribution in [0.5, 0.6) is 0 Å². The number of carbonyl (C=O) groups is 1. The van der Waals surface area contributed by atoms with E-state index < -0.39 is 0 Å². The maximum absolute atomic E-state index is 12.2. The van der Waals surface area contributed by atoms with Gasteiger partial charge in [-0.25, -0.2) is 0 Å². The van der Waals surface area contributed by atoms with Crippen LogP contribution in [-0.2, 0) is 9.53 Å². The van der Waals surface area contributed by atoms with Gasteiger partial charge < -0.3 is 10.1 Å². The van der Waals surface area contributed by atoms with Crippen molar-refractivity contribution in [1.82, 2.24) is 5.32 Å². The third kappa shape index (κ3) is 4.86. The van der Waals surface area contributed by atoms with Crippen LogP contribution < -0.4 is 5.32 Å². The maximum Gasteiger partial charge on any atom is 0.221 e. The van der Waals surface area contributed by atoms with Gasteiger partial charge in [0.2, 0.25) is 5.91 Å². The second-order valence-electron chi connectivity index (χ2n) is 5.07. The minimum atomic E-state index is -0.0116. The number of ether oxygens (including phenoxy) is 1. The molecule has 22 heavy (non-hydrogen) atoms. The van der Waals surface area contributed by atoms with Gasteiger partial charge in [-0.3, -0.25) is 4.79 Å². The molecule has 0 heterocycles. The van der Waals surface area contributed by atoms with Crippen molar-refractivity contribution in [2.45, 2.75) is 12.3 Å². The Kier molecular flexibility index (Phi) is 6.44. The molecule has 2 rings (SSSR count). The van der Waals surface area contributed by atoms with Crippen LogP contribution in [0.25, 0.3) is 0 Å². The fraction of sp³-hybridized carbons (Fsp3) is 0.278. The molecule has 2 aromatic carbocycles. The number of methoxy groups -OCH3 is 1. The smallest absolute Gasteiger partial charge is 0.221 e. The standard InChI is InChI=1S/C18H20ClNO2/c1-22-11-10-20-18(21)13-17(14-6-3-2-4-7-14)15-8-5-9-16(19)12-15/h2-9,12,17H,10-11,13H2,1H3,(H,20,21)/t17-/m1/s1. The molecule has 0 saturated carbocycles.